The van der Waals surface area contributed by atoms with E-state index in [0.717, 1.165) is 12.5 Å². The number of carbonyl (C=O) groups is 1. The summed E-state index contributed by atoms with van der Waals surface area (Å²) < 4.78 is 53.5. The van der Waals surface area contributed by atoms with Crippen LogP contribution in [0.3, 0.4) is 0 Å². The number of halogens is 2. The number of likely N-dealkylation sites (tertiary alicyclic amines) is 1. The lowest BCUT2D eigenvalue weighted by Gasteiger charge is -2.39. The molecule has 1 amide bonds. The van der Waals surface area contributed by atoms with E-state index in [-0.39, 0.29) is 30.3 Å². The van der Waals surface area contributed by atoms with Crippen molar-refractivity contribution in [2.24, 2.45) is 5.41 Å². The fraction of sp³-hybridized carbons (Fsp3) is 0.611. The summed E-state index contributed by atoms with van der Waals surface area (Å²) in [5.74, 6) is -1.94. The van der Waals surface area contributed by atoms with Crippen LogP contribution in [0.1, 0.15) is 38.2 Å². The van der Waals surface area contributed by atoms with E-state index < -0.39 is 27.1 Å². The Bertz CT molecular complexity index is 800. The predicted molar refractivity (Wildman–Crippen MR) is 93.7 cm³/mol. The highest BCUT2D eigenvalue weighted by molar-refractivity contribution is 7.89. The molecule has 1 aromatic rings. The molecule has 2 heterocycles. The van der Waals surface area contributed by atoms with Gasteiger partial charge in [0.25, 0.3) is 0 Å². The van der Waals surface area contributed by atoms with Crippen LogP contribution in [0.15, 0.2) is 18.2 Å². The fourth-order valence-corrected chi connectivity index (χ4v) is 5.60. The summed E-state index contributed by atoms with van der Waals surface area (Å²) in [6, 6.07) is 3.94. The third-order valence-electron chi connectivity index (χ3n) is 5.39. The van der Waals surface area contributed by atoms with E-state index in [1.54, 1.807) is 0 Å². The van der Waals surface area contributed by atoms with Crippen molar-refractivity contribution >= 4 is 15.9 Å². The van der Waals surface area contributed by atoms with Crippen LogP contribution in [-0.2, 0) is 21.4 Å². The highest BCUT2D eigenvalue weighted by Gasteiger charge is 2.50. The van der Waals surface area contributed by atoms with Gasteiger partial charge in [-0.25, -0.2) is 21.5 Å². The maximum Gasteiger partial charge on any atom is 0.230 e. The lowest BCUT2D eigenvalue weighted by molar-refractivity contribution is -0.146. The van der Waals surface area contributed by atoms with Gasteiger partial charge in [-0.15, -0.1) is 0 Å². The van der Waals surface area contributed by atoms with E-state index >= 15 is 0 Å². The SMILES string of the molecule is CCCS(=O)(=O)N1CC[C@]2(CCCN(Cc3cccc(F)c3F)C2=O)C1. The minimum Gasteiger partial charge on any atom is -0.338 e. The minimum absolute atomic E-state index is 0.00584. The summed E-state index contributed by atoms with van der Waals surface area (Å²) in [5, 5.41) is 0. The number of piperidine rings is 1. The molecule has 0 saturated carbocycles. The monoisotopic (exact) mass is 386 g/mol. The van der Waals surface area contributed by atoms with Crippen molar-refractivity contribution < 1.29 is 22.0 Å². The van der Waals surface area contributed by atoms with Crippen molar-refractivity contribution in [3.05, 3.63) is 35.4 Å². The summed E-state index contributed by atoms with van der Waals surface area (Å²) in [7, 11) is -3.34. The zero-order chi connectivity index (χ0) is 18.9. The first-order valence-electron chi connectivity index (χ1n) is 8.99. The fourth-order valence-electron chi connectivity index (χ4n) is 4.02. The largest absolute Gasteiger partial charge is 0.338 e. The second kappa shape index (κ2) is 7.23. The maximum atomic E-state index is 14.0. The van der Waals surface area contributed by atoms with Crippen LogP contribution in [0, 0.1) is 17.0 Å². The van der Waals surface area contributed by atoms with E-state index in [4.69, 9.17) is 0 Å². The zero-order valence-electron chi connectivity index (χ0n) is 14.9. The summed E-state index contributed by atoms with van der Waals surface area (Å²) in [6.07, 6.45) is 2.37. The smallest absolute Gasteiger partial charge is 0.230 e. The molecule has 26 heavy (non-hydrogen) atoms. The van der Waals surface area contributed by atoms with Gasteiger partial charge in [0, 0.05) is 31.7 Å². The minimum atomic E-state index is -3.34. The Morgan fingerprint density at radius 3 is 2.69 bits per heavy atom. The quantitative estimate of drug-likeness (QED) is 0.781. The Labute approximate surface area is 153 Å². The van der Waals surface area contributed by atoms with Crippen LogP contribution in [0.4, 0.5) is 8.78 Å². The van der Waals surface area contributed by atoms with Crippen LogP contribution < -0.4 is 0 Å². The average molecular weight is 386 g/mol. The van der Waals surface area contributed by atoms with Gasteiger partial charge in [-0.05, 0) is 31.7 Å². The van der Waals surface area contributed by atoms with Crippen LogP contribution >= 0.6 is 0 Å². The highest BCUT2D eigenvalue weighted by atomic mass is 32.2. The molecule has 5 nitrogen and oxygen atoms in total. The molecule has 2 aliphatic heterocycles. The number of sulfonamides is 1. The van der Waals surface area contributed by atoms with Crippen molar-refractivity contribution in [2.75, 3.05) is 25.4 Å². The van der Waals surface area contributed by atoms with E-state index in [9.17, 15) is 22.0 Å². The summed E-state index contributed by atoms with van der Waals surface area (Å²) in [5.41, 5.74) is -0.591. The van der Waals surface area contributed by atoms with Crippen LogP contribution in [-0.4, -0.2) is 48.9 Å². The molecule has 0 bridgehead atoms. The van der Waals surface area contributed by atoms with E-state index in [1.165, 1.54) is 21.3 Å². The van der Waals surface area contributed by atoms with Gasteiger partial charge in [0.2, 0.25) is 15.9 Å². The Hall–Kier alpha value is -1.54. The van der Waals surface area contributed by atoms with E-state index in [2.05, 4.69) is 0 Å². The molecule has 0 aliphatic carbocycles. The number of hydrogen-bond acceptors (Lipinski definition) is 3. The number of rotatable bonds is 5. The first kappa shape index (κ1) is 19.2. The number of benzene rings is 1. The van der Waals surface area contributed by atoms with Gasteiger partial charge in [-0.2, -0.15) is 0 Å². The van der Waals surface area contributed by atoms with Crippen LogP contribution in [0.2, 0.25) is 0 Å². The number of carbonyl (C=O) groups excluding carboxylic acids is 1. The van der Waals surface area contributed by atoms with Crippen molar-refractivity contribution in [3.63, 3.8) is 0 Å². The Morgan fingerprint density at radius 2 is 1.96 bits per heavy atom. The van der Waals surface area contributed by atoms with Gasteiger partial charge in [0.05, 0.1) is 11.2 Å². The van der Waals surface area contributed by atoms with Gasteiger partial charge in [-0.3, -0.25) is 4.79 Å². The first-order valence-corrected chi connectivity index (χ1v) is 10.6. The van der Waals surface area contributed by atoms with Crippen molar-refractivity contribution in [3.8, 4) is 0 Å². The Balaban J connectivity index is 1.77. The molecule has 1 aromatic carbocycles. The van der Waals surface area contributed by atoms with Gasteiger partial charge < -0.3 is 4.90 Å². The molecule has 1 atom stereocenters. The molecule has 8 heteroatoms. The Kier molecular flexibility index (Phi) is 5.35. The van der Waals surface area contributed by atoms with Crippen molar-refractivity contribution in [2.45, 2.75) is 39.2 Å². The molecule has 0 N–H and O–H groups in total. The lowest BCUT2D eigenvalue weighted by atomic mass is 9.78. The third kappa shape index (κ3) is 3.49. The Morgan fingerprint density at radius 1 is 1.19 bits per heavy atom. The average Bonchev–Trinajstić information content (AvgIpc) is 3.02. The van der Waals surface area contributed by atoms with Crippen molar-refractivity contribution in [1.82, 2.24) is 9.21 Å². The summed E-state index contributed by atoms with van der Waals surface area (Å²) in [4.78, 5) is 14.6. The molecule has 2 aliphatic rings. The second-order valence-electron chi connectivity index (χ2n) is 7.22. The summed E-state index contributed by atoms with van der Waals surface area (Å²) in [6.45, 7) is 2.82. The number of hydrogen-bond donors (Lipinski definition) is 0. The molecule has 2 fully saturated rings. The van der Waals surface area contributed by atoms with Gasteiger partial charge in [0.15, 0.2) is 11.6 Å². The first-order chi connectivity index (χ1) is 12.3. The second-order valence-corrected chi connectivity index (χ2v) is 9.31. The van der Waals surface area contributed by atoms with Crippen molar-refractivity contribution in [1.29, 1.82) is 0 Å². The maximum absolute atomic E-state index is 14.0. The van der Waals surface area contributed by atoms with E-state index in [1.807, 2.05) is 6.92 Å². The molecule has 0 aromatic heterocycles. The molecule has 144 valence electrons. The zero-order valence-corrected chi connectivity index (χ0v) is 15.7. The third-order valence-corrected chi connectivity index (χ3v) is 7.41. The number of nitrogens with zero attached hydrogens (tertiary/aromatic N) is 2. The summed E-state index contributed by atoms with van der Waals surface area (Å²) >= 11 is 0. The highest BCUT2D eigenvalue weighted by Crippen LogP contribution is 2.41. The molecular formula is C18H24F2N2O3S. The topological polar surface area (TPSA) is 57.7 Å². The molecule has 0 radical (unpaired) electrons. The standard InChI is InChI=1S/C18H24F2N2O3S/c1-2-11-26(24,25)22-10-8-18(13-22)7-4-9-21(17(18)23)12-14-5-3-6-15(19)16(14)20/h3,5-6H,2,4,7-13H2,1H3/t18-/m1/s1. The van der Waals surface area contributed by atoms with E-state index in [0.29, 0.717) is 32.4 Å². The molecule has 2 saturated heterocycles. The molecule has 3 rings (SSSR count). The molecule has 1 spiro atoms. The predicted octanol–water partition coefficient (Wildman–Crippen LogP) is 2.52. The van der Waals surface area contributed by atoms with Crippen LogP contribution in [0.5, 0.6) is 0 Å². The molecular weight excluding hydrogens is 362 g/mol. The van der Waals surface area contributed by atoms with Gasteiger partial charge >= 0.3 is 0 Å². The molecule has 0 unspecified atom stereocenters. The lowest BCUT2D eigenvalue weighted by Crippen LogP contribution is -2.50. The van der Waals surface area contributed by atoms with Crippen LogP contribution in [0.25, 0.3) is 0 Å². The normalized spacial score (nSPS) is 24.6. The van der Waals surface area contributed by atoms with Gasteiger partial charge in [-0.1, -0.05) is 19.1 Å². The number of amides is 1. The van der Waals surface area contributed by atoms with Gasteiger partial charge in [0.1, 0.15) is 0 Å².